The van der Waals surface area contributed by atoms with E-state index in [2.05, 4.69) is 18.8 Å². The first-order valence-electron chi connectivity index (χ1n) is 6.43. The highest BCUT2D eigenvalue weighted by atomic mass is 35.5. The van der Waals surface area contributed by atoms with Crippen molar-refractivity contribution >= 4 is 35.1 Å². The van der Waals surface area contributed by atoms with E-state index in [4.69, 9.17) is 16.6 Å². The molecule has 0 spiro atoms. The van der Waals surface area contributed by atoms with Gasteiger partial charge in [-0.3, -0.25) is 0 Å². The van der Waals surface area contributed by atoms with Crippen LogP contribution < -0.4 is 0 Å². The van der Waals surface area contributed by atoms with Crippen LogP contribution in [0.2, 0.25) is 5.15 Å². The maximum absolute atomic E-state index is 6.24. The minimum Gasteiger partial charge on any atom is -0.236 e. The van der Waals surface area contributed by atoms with Gasteiger partial charge in [0.2, 0.25) is 0 Å². The Morgan fingerprint density at radius 2 is 1.94 bits per heavy atom. The summed E-state index contributed by atoms with van der Waals surface area (Å²) in [5.74, 6) is 3.36. The number of rotatable bonds is 3. The second kappa shape index (κ2) is 6.49. The maximum Gasteiger partial charge on any atom is 0.144 e. The van der Waals surface area contributed by atoms with Gasteiger partial charge in [0.05, 0.1) is 5.25 Å². The molecule has 0 aromatic carbocycles. The lowest BCUT2D eigenvalue weighted by Gasteiger charge is -2.29. The average molecular weight is 303 g/mol. The zero-order valence-corrected chi connectivity index (χ0v) is 13.5. The number of aryl methyl sites for hydroxylation is 1. The van der Waals surface area contributed by atoms with Gasteiger partial charge in [-0.1, -0.05) is 25.4 Å². The molecule has 2 unspecified atom stereocenters. The van der Waals surface area contributed by atoms with Gasteiger partial charge in [0, 0.05) is 28.0 Å². The van der Waals surface area contributed by atoms with Crippen LogP contribution in [0.5, 0.6) is 0 Å². The zero-order chi connectivity index (χ0) is 13.1. The Hall–Kier alpha value is 0.0700. The summed E-state index contributed by atoms with van der Waals surface area (Å²) in [7, 11) is 0. The first-order chi connectivity index (χ1) is 8.67. The van der Waals surface area contributed by atoms with Crippen molar-refractivity contribution in [1.82, 2.24) is 9.97 Å². The van der Waals surface area contributed by atoms with Gasteiger partial charge in [0.25, 0.3) is 0 Å². The predicted molar refractivity (Wildman–Crippen MR) is 82.9 cm³/mol. The monoisotopic (exact) mass is 302 g/mol. The number of thioether (sulfide) groups is 2. The van der Waals surface area contributed by atoms with Crippen molar-refractivity contribution < 1.29 is 0 Å². The van der Waals surface area contributed by atoms with Crippen LogP contribution in [0.4, 0.5) is 0 Å². The summed E-state index contributed by atoms with van der Waals surface area (Å²) >= 11 is 10.3. The van der Waals surface area contributed by atoms with E-state index in [1.54, 1.807) is 0 Å². The molecule has 0 amide bonds. The van der Waals surface area contributed by atoms with Crippen molar-refractivity contribution in [3.63, 3.8) is 0 Å². The van der Waals surface area contributed by atoms with Gasteiger partial charge in [-0.25, -0.2) is 9.97 Å². The van der Waals surface area contributed by atoms with Crippen LogP contribution in [0, 0.1) is 6.92 Å². The number of nitrogens with zero attached hydrogens (tertiary/aromatic N) is 2. The van der Waals surface area contributed by atoms with Crippen LogP contribution >= 0.6 is 35.1 Å². The first-order valence-corrected chi connectivity index (χ1v) is 8.91. The molecule has 100 valence electrons. The smallest absolute Gasteiger partial charge is 0.144 e. The van der Waals surface area contributed by atoms with Crippen molar-refractivity contribution in [3.05, 3.63) is 22.2 Å². The number of hydrogen-bond acceptors (Lipinski definition) is 4. The molecule has 1 aliphatic heterocycles. The van der Waals surface area contributed by atoms with E-state index in [9.17, 15) is 0 Å². The van der Waals surface area contributed by atoms with Crippen LogP contribution in [0.15, 0.2) is 0 Å². The largest absolute Gasteiger partial charge is 0.236 e. The zero-order valence-electron chi connectivity index (χ0n) is 11.1. The van der Waals surface area contributed by atoms with E-state index in [1.807, 2.05) is 30.4 Å². The van der Waals surface area contributed by atoms with E-state index >= 15 is 0 Å². The third-order valence-corrected chi connectivity index (χ3v) is 6.86. The third kappa shape index (κ3) is 2.97. The summed E-state index contributed by atoms with van der Waals surface area (Å²) in [6.07, 6.45) is 2.08. The minimum atomic E-state index is 0.400. The number of halogens is 1. The Kier molecular flexibility index (Phi) is 5.22. The van der Waals surface area contributed by atoms with E-state index in [0.29, 0.717) is 15.7 Å². The van der Waals surface area contributed by atoms with Crippen LogP contribution in [-0.2, 0) is 6.42 Å². The van der Waals surface area contributed by atoms with Gasteiger partial charge in [-0.2, -0.15) is 11.8 Å². The SMILES string of the molecule is CCc1nc(C2SCCSC2CC)nc(Cl)c1C. The van der Waals surface area contributed by atoms with Gasteiger partial charge in [-0.15, -0.1) is 11.8 Å². The molecule has 2 heterocycles. The molecule has 0 N–H and O–H groups in total. The van der Waals surface area contributed by atoms with E-state index in [1.165, 1.54) is 17.9 Å². The fraction of sp³-hybridized carbons (Fsp3) is 0.692. The average Bonchev–Trinajstić information content (AvgIpc) is 2.41. The Labute approximate surface area is 123 Å². The van der Waals surface area contributed by atoms with Crippen LogP contribution in [-0.4, -0.2) is 26.7 Å². The summed E-state index contributed by atoms with van der Waals surface area (Å²) < 4.78 is 0. The van der Waals surface area contributed by atoms with Gasteiger partial charge in [0.1, 0.15) is 11.0 Å². The molecule has 0 saturated carbocycles. The molecule has 5 heteroatoms. The Bertz CT molecular complexity index is 426. The molecule has 1 saturated heterocycles. The second-order valence-corrected chi connectivity index (χ2v) is 7.36. The quantitative estimate of drug-likeness (QED) is 0.778. The molecular formula is C13H19ClN2S2. The highest BCUT2D eigenvalue weighted by Gasteiger charge is 2.29. The topological polar surface area (TPSA) is 25.8 Å². The van der Waals surface area contributed by atoms with Crippen molar-refractivity contribution in [2.75, 3.05) is 11.5 Å². The minimum absolute atomic E-state index is 0.400. The maximum atomic E-state index is 6.24. The summed E-state index contributed by atoms with van der Waals surface area (Å²) in [5, 5.41) is 1.65. The lowest BCUT2D eigenvalue weighted by molar-refractivity contribution is 0.738. The highest BCUT2D eigenvalue weighted by molar-refractivity contribution is 8.06. The van der Waals surface area contributed by atoms with E-state index in [-0.39, 0.29) is 0 Å². The first kappa shape index (κ1) is 14.5. The van der Waals surface area contributed by atoms with Gasteiger partial charge in [0.15, 0.2) is 0 Å². The molecule has 1 aromatic rings. The van der Waals surface area contributed by atoms with Crippen LogP contribution in [0.1, 0.15) is 42.6 Å². The lowest BCUT2D eigenvalue weighted by atomic mass is 10.2. The third-order valence-electron chi connectivity index (χ3n) is 3.25. The summed E-state index contributed by atoms with van der Waals surface area (Å²) in [4.78, 5) is 9.27. The molecule has 1 aliphatic rings. The van der Waals surface area contributed by atoms with Crippen LogP contribution in [0.3, 0.4) is 0 Å². The fourth-order valence-electron chi connectivity index (χ4n) is 2.16. The van der Waals surface area contributed by atoms with Gasteiger partial charge in [-0.05, 0) is 19.8 Å². The summed E-state index contributed by atoms with van der Waals surface area (Å²) in [5.41, 5.74) is 2.13. The number of aromatic nitrogens is 2. The molecule has 0 bridgehead atoms. The molecule has 1 fully saturated rings. The van der Waals surface area contributed by atoms with Gasteiger partial charge < -0.3 is 0 Å². The number of hydrogen-bond donors (Lipinski definition) is 0. The highest BCUT2D eigenvalue weighted by Crippen LogP contribution is 2.43. The molecule has 2 nitrogen and oxygen atoms in total. The van der Waals surface area contributed by atoms with E-state index < -0.39 is 0 Å². The lowest BCUT2D eigenvalue weighted by Crippen LogP contribution is -2.21. The molecule has 2 rings (SSSR count). The fourth-order valence-corrected chi connectivity index (χ4v) is 5.35. The Morgan fingerprint density at radius 1 is 1.22 bits per heavy atom. The standard InChI is InChI=1S/C13H19ClN2S2/c1-4-9-8(3)12(14)16-13(15-9)11-10(5-2)17-6-7-18-11/h10-11H,4-7H2,1-3H3. The van der Waals surface area contributed by atoms with Crippen LogP contribution in [0.25, 0.3) is 0 Å². The van der Waals surface area contributed by atoms with Crippen molar-refractivity contribution in [3.8, 4) is 0 Å². The molecular weight excluding hydrogens is 284 g/mol. The molecule has 0 aliphatic carbocycles. The van der Waals surface area contributed by atoms with Crippen molar-refractivity contribution in [1.29, 1.82) is 0 Å². The molecule has 0 radical (unpaired) electrons. The Balaban J connectivity index is 2.34. The second-order valence-electron chi connectivity index (χ2n) is 4.41. The predicted octanol–water partition coefficient (Wildman–Crippen LogP) is 4.30. The Morgan fingerprint density at radius 3 is 2.61 bits per heavy atom. The summed E-state index contributed by atoms with van der Waals surface area (Å²) in [6.45, 7) is 6.37. The van der Waals surface area contributed by atoms with Crippen molar-refractivity contribution in [2.24, 2.45) is 0 Å². The molecule has 1 aromatic heterocycles. The van der Waals surface area contributed by atoms with Crippen molar-refractivity contribution in [2.45, 2.75) is 44.1 Å². The molecule has 2 atom stereocenters. The van der Waals surface area contributed by atoms with E-state index in [0.717, 1.165) is 23.5 Å². The van der Waals surface area contributed by atoms with Gasteiger partial charge >= 0.3 is 0 Å². The normalized spacial score (nSPS) is 24.2. The summed E-state index contributed by atoms with van der Waals surface area (Å²) in [6, 6.07) is 0. The molecule has 18 heavy (non-hydrogen) atoms.